The minimum atomic E-state index is -1.00. The molecule has 0 saturated carbocycles. The van der Waals surface area contributed by atoms with Gasteiger partial charge in [-0.15, -0.1) is 0 Å². The molecule has 0 saturated heterocycles. The number of nitrogens with one attached hydrogen (secondary N) is 2. The third-order valence-electron chi connectivity index (χ3n) is 3.30. The molecule has 0 aliphatic carbocycles. The van der Waals surface area contributed by atoms with Crippen LogP contribution in [0.25, 0.3) is 0 Å². The Hall–Kier alpha value is -0.910. The second kappa shape index (κ2) is 8.24. The van der Waals surface area contributed by atoms with Gasteiger partial charge < -0.3 is 15.7 Å². The smallest absolute Gasteiger partial charge is 0.326 e. The van der Waals surface area contributed by atoms with Crippen LogP contribution in [0.1, 0.15) is 40.0 Å². The maximum atomic E-state index is 11.6. The van der Waals surface area contributed by atoms with Crippen LogP contribution in [0.3, 0.4) is 0 Å². The topological polar surface area (TPSA) is 78.4 Å². The molecule has 0 spiro atoms. The van der Waals surface area contributed by atoms with E-state index < -0.39 is 18.0 Å². The van der Waals surface area contributed by atoms with Gasteiger partial charge in [0.1, 0.15) is 6.04 Å². The largest absolute Gasteiger partial charge is 0.480 e. The van der Waals surface area contributed by atoms with Crippen molar-refractivity contribution >= 4 is 23.8 Å². The highest BCUT2D eigenvalue weighted by molar-refractivity contribution is 8.00. The maximum absolute atomic E-state index is 11.6. The first-order chi connectivity index (χ1) is 8.44. The highest BCUT2D eigenvalue weighted by Gasteiger charge is 2.26. The Kier molecular flexibility index (Phi) is 7.82. The number of urea groups is 1. The number of carboxylic acids is 1. The summed E-state index contributed by atoms with van der Waals surface area (Å²) in [6.07, 6.45) is 4.32. The van der Waals surface area contributed by atoms with Crippen LogP contribution in [-0.4, -0.2) is 40.7 Å². The second-order valence-electron chi connectivity index (χ2n) is 4.22. The van der Waals surface area contributed by atoms with E-state index in [2.05, 4.69) is 24.5 Å². The lowest BCUT2D eigenvalue weighted by molar-refractivity contribution is -0.139. The fraction of sp³-hybridized carbons (Fsp3) is 0.833. The normalized spacial score (nSPS) is 12.9. The first-order valence-electron chi connectivity index (χ1n) is 6.27. The van der Waals surface area contributed by atoms with E-state index in [4.69, 9.17) is 5.11 Å². The molecule has 0 heterocycles. The molecule has 3 N–H and O–H groups in total. The Morgan fingerprint density at radius 2 is 1.83 bits per heavy atom. The van der Waals surface area contributed by atoms with Crippen molar-refractivity contribution < 1.29 is 14.7 Å². The Labute approximate surface area is 113 Å². The van der Waals surface area contributed by atoms with Gasteiger partial charge in [-0.05, 0) is 25.5 Å². The molecule has 0 radical (unpaired) electrons. The lowest BCUT2D eigenvalue weighted by Crippen LogP contribution is -2.49. The van der Waals surface area contributed by atoms with E-state index in [0.717, 1.165) is 12.8 Å². The molecule has 0 aliphatic rings. The van der Waals surface area contributed by atoms with Gasteiger partial charge in [0.05, 0.1) is 0 Å². The average Bonchev–Trinajstić information content (AvgIpc) is 2.38. The second-order valence-corrected chi connectivity index (χ2v) is 5.49. The zero-order valence-corrected chi connectivity index (χ0v) is 12.4. The summed E-state index contributed by atoms with van der Waals surface area (Å²) in [6, 6.07) is -1.23. The fourth-order valence-corrected chi connectivity index (χ4v) is 2.44. The van der Waals surface area contributed by atoms with Gasteiger partial charge in [0, 0.05) is 11.3 Å². The molecule has 0 unspecified atom stereocenters. The van der Waals surface area contributed by atoms with Crippen LogP contribution >= 0.6 is 11.8 Å². The minimum absolute atomic E-state index is 0.0300. The Morgan fingerprint density at radius 1 is 1.28 bits per heavy atom. The Balaban J connectivity index is 4.28. The van der Waals surface area contributed by atoms with E-state index in [-0.39, 0.29) is 4.75 Å². The number of thioether (sulfide) groups is 1. The molecule has 0 aromatic carbocycles. The van der Waals surface area contributed by atoms with Crippen LogP contribution in [0.5, 0.6) is 0 Å². The SMILES string of the molecule is CC[C@@H](NC(=O)NCC(CC)(CC)SC)C(=O)O. The lowest BCUT2D eigenvalue weighted by atomic mass is 10.0. The van der Waals surface area contributed by atoms with Crippen LogP contribution in [0.15, 0.2) is 0 Å². The highest BCUT2D eigenvalue weighted by Crippen LogP contribution is 2.29. The average molecular weight is 276 g/mol. The first-order valence-corrected chi connectivity index (χ1v) is 7.49. The number of rotatable bonds is 8. The number of hydrogen-bond acceptors (Lipinski definition) is 3. The van der Waals surface area contributed by atoms with Gasteiger partial charge in [-0.25, -0.2) is 9.59 Å². The molecule has 106 valence electrons. The van der Waals surface area contributed by atoms with E-state index in [1.807, 2.05) is 6.26 Å². The van der Waals surface area contributed by atoms with Crippen molar-refractivity contribution in [2.75, 3.05) is 12.8 Å². The fourth-order valence-electron chi connectivity index (χ4n) is 1.65. The molecule has 0 rings (SSSR count). The predicted octanol–water partition coefficient (Wildman–Crippen LogP) is 2.07. The molecule has 0 aromatic rings. The molecule has 0 fully saturated rings. The highest BCUT2D eigenvalue weighted by atomic mass is 32.2. The number of amides is 2. The summed E-state index contributed by atoms with van der Waals surface area (Å²) in [5, 5.41) is 14.1. The van der Waals surface area contributed by atoms with Crippen molar-refractivity contribution in [3.63, 3.8) is 0 Å². The van der Waals surface area contributed by atoms with Gasteiger partial charge in [-0.1, -0.05) is 20.8 Å². The van der Waals surface area contributed by atoms with Gasteiger partial charge in [-0.3, -0.25) is 0 Å². The molecule has 6 heteroatoms. The third kappa shape index (κ3) is 5.16. The van der Waals surface area contributed by atoms with Crippen molar-refractivity contribution in [1.82, 2.24) is 10.6 Å². The number of carbonyl (C=O) groups excluding carboxylic acids is 1. The first kappa shape index (κ1) is 17.1. The molecule has 0 aliphatic heterocycles. The van der Waals surface area contributed by atoms with Crippen molar-refractivity contribution in [3.05, 3.63) is 0 Å². The summed E-state index contributed by atoms with van der Waals surface area (Å²) in [4.78, 5) is 22.4. The zero-order chi connectivity index (χ0) is 14.2. The quantitative estimate of drug-likeness (QED) is 0.634. The van der Waals surface area contributed by atoms with Crippen LogP contribution in [-0.2, 0) is 4.79 Å². The number of hydrogen-bond donors (Lipinski definition) is 3. The number of carboxylic acid groups (broad SMARTS) is 1. The predicted molar refractivity (Wildman–Crippen MR) is 75.1 cm³/mol. The molecular weight excluding hydrogens is 252 g/mol. The van der Waals surface area contributed by atoms with Gasteiger partial charge in [0.15, 0.2) is 0 Å². The van der Waals surface area contributed by atoms with Gasteiger partial charge in [-0.2, -0.15) is 11.8 Å². The molecule has 2 amide bonds. The molecule has 18 heavy (non-hydrogen) atoms. The molecule has 5 nitrogen and oxygen atoms in total. The Bertz CT molecular complexity index is 272. The maximum Gasteiger partial charge on any atom is 0.326 e. The van der Waals surface area contributed by atoms with Crippen LogP contribution < -0.4 is 10.6 Å². The van der Waals surface area contributed by atoms with Crippen LogP contribution in [0.4, 0.5) is 4.79 Å². The van der Waals surface area contributed by atoms with Gasteiger partial charge in [0.25, 0.3) is 0 Å². The summed E-state index contributed by atoms with van der Waals surface area (Å²) in [5.74, 6) is -1.00. The van der Waals surface area contributed by atoms with Crippen molar-refractivity contribution in [2.45, 2.75) is 50.8 Å². The van der Waals surface area contributed by atoms with Crippen LogP contribution in [0.2, 0.25) is 0 Å². The number of carbonyl (C=O) groups is 2. The molecule has 1 atom stereocenters. The molecule has 0 bridgehead atoms. The van der Waals surface area contributed by atoms with E-state index in [1.165, 1.54) is 0 Å². The summed E-state index contributed by atoms with van der Waals surface area (Å²) >= 11 is 1.73. The van der Waals surface area contributed by atoms with Gasteiger partial charge >= 0.3 is 12.0 Å². The lowest BCUT2D eigenvalue weighted by Gasteiger charge is -2.30. The number of aliphatic carboxylic acids is 1. The van der Waals surface area contributed by atoms with Crippen molar-refractivity contribution in [2.24, 2.45) is 0 Å². The van der Waals surface area contributed by atoms with E-state index in [1.54, 1.807) is 18.7 Å². The van der Waals surface area contributed by atoms with E-state index >= 15 is 0 Å². The molecular formula is C12H24N2O3S. The summed E-state index contributed by atoms with van der Waals surface area (Å²) in [6.45, 7) is 6.45. The minimum Gasteiger partial charge on any atom is -0.480 e. The van der Waals surface area contributed by atoms with E-state index in [0.29, 0.717) is 13.0 Å². The monoisotopic (exact) mass is 276 g/mol. The van der Waals surface area contributed by atoms with Crippen LogP contribution in [0, 0.1) is 0 Å². The zero-order valence-electron chi connectivity index (χ0n) is 11.6. The molecule has 0 aromatic heterocycles. The van der Waals surface area contributed by atoms with Crippen molar-refractivity contribution in [3.8, 4) is 0 Å². The van der Waals surface area contributed by atoms with E-state index in [9.17, 15) is 9.59 Å². The Morgan fingerprint density at radius 3 is 2.17 bits per heavy atom. The third-order valence-corrected chi connectivity index (χ3v) is 4.89. The summed E-state index contributed by atoms with van der Waals surface area (Å²) < 4.78 is 0.0300. The summed E-state index contributed by atoms with van der Waals surface area (Å²) in [5.41, 5.74) is 0. The van der Waals surface area contributed by atoms with Crippen molar-refractivity contribution in [1.29, 1.82) is 0 Å². The standard InChI is InChI=1S/C12H24N2O3S/c1-5-9(10(15)16)14-11(17)13-8-12(6-2,7-3)18-4/h9H,5-8H2,1-4H3,(H,15,16)(H2,13,14,17)/t9-/m1/s1. The van der Waals surface area contributed by atoms with Gasteiger partial charge in [0.2, 0.25) is 0 Å². The summed E-state index contributed by atoms with van der Waals surface area (Å²) in [7, 11) is 0.